The molecule has 0 aliphatic heterocycles. The Kier molecular flexibility index (Phi) is 2.52. The Labute approximate surface area is 71.7 Å². The molecular weight excluding hydrogens is 156 g/mol. The molecule has 0 spiro atoms. The molecule has 1 aliphatic rings. The van der Waals surface area contributed by atoms with Gasteiger partial charge in [-0.3, -0.25) is 4.79 Å². The number of aliphatic hydroxyl groups excluding tert-OH is 1. The molecule has 0 bridgehead atoms. The molecule has 0 aromatic rings. The number of aliphatic carboxylic acids is 1. The summed E-state index contributed by atoms with van der Waals surface area (Å²) in [5, 5.41) is 18.2. The fourth-order valence-electron chi connectivity index (χ4n) is 1.83. The van der Waals surface area contributed by atoms with Crippen molar-refractivity contribution in [3.63, 3.8) is 0 Å². The number of carboxylic acids is 1. The highest BCUT2D eigenvalue weighted by atomic mass is 16.4. The number of carbonyl (C=O) groups is 1. The second-order valence-corrected chi connectivity index (χ2v) is 3.20. The van der Waals surface area contributed by atoms with Crippen molar-refractivity contribution in [2.45, 2.75) is 32.8 Å². The van der Waals surface area contributed by atoms with Crippen molar-refractivity contribution in [2.24, 2.45) is 5.92 Å². The SMILES string of the molecule is CCC1=C(C)C(C(=O)O)CC1O. The van der Waals surface area contributed by atoms with Gasteiger partial charge in [-0.2, -0.15) is 0 Å². The molecule has 68 valence electrons. The first-order valence-corrected chi connectivity index (χ1v) is 4.18. The lowest BCUT2D eigenvalue weighted by Crippen LogP contribution is -2.13. The molecule has 0 heterocycles. The van der Waals surface area contributed by atoms with Gasteiger partial charge in [-0.05, 0) is 25.3 Å². The van der Waals surface area contributed by atoms with E-state index in [9.17, 15) is 9.90 Å². The monoisotopic (exact) mass is 170 g/mol. The third kappa shape index (κ3) is 1.37. The van der Waals surface area contributed by atoms with Crippen LogP contribution in [0.15, 0.2) is 11.1 Å². The van der Waals surface area contributed by atoms with Crippen LogP contribution < -0.4 is 0 Å². The van der Waals surface area contributed by atoms with Crippen LogP contribution in [0.25, 0.3) is 0 Å². The predicted molar refractivity (Wildman–Crippen MR) is 44.7 cm³/mol. The Hall–Kier alpha value is -0.830. The predicted octanol–water partition coefficient (Wildman–Crippen LogP) is 1.18. The van der Waals surface area contributed by atoms with E-state index >= 15 is 0 Å². The fourth-order valence-corrected chi connectivity index (χ4v) is 1.83. The van der Waals surface area contributed by atoms with Crippen molar-refractivity contribution in [3.8, 4) is 0 Å². The summed E-state index contributed by atoms with van der Waals surface area (Å²) in [7, 11) is 0. The molecule has 2 N–H and O–H groups in total. The Balaban J connectivity index is 2.88. The maximum Gasteiger partial charge on any atom is 0.310 e. The highest BCUT2D eigenvalue weighted by Crippen LogP contribution is 2.33. The molecule has 3 heteroatoms. The molecule has 0 saturated heterocycles. The van der Waals surface area contributed by atoms with E-state index in [0.717, 1.165) is 17.6 Å². The van der Waals surface area contributed by atoms with Crippen LogP contribution in [0, 0.1) is 5.92 Å². The molecule has 0 aromatic carbocycles. The molecule has 0 aromatic heterocycles. The third-order valence-corrected chi connectivity index (χ3v) is 2.57. The van der Waals surface area contributed by atoms with Crippen molar-refractivity contribution in [1.29, 1.82) is 0 Å². The number of aliphatic hydroxyl groups is 1. The standard InChI is InChI=1S/C9H14O3/c1-3-6-5(2)7(9(11)12)4-8(6)10/h7-8,10H,3-4H2,1-2H3,(H,11,12). The zero-order valence-corrected chi connectivity index (χ0v) is 7.37. The maximum absolute atomic E-state index is 10.7. The lowest BCUT2D eigenvalue weighted by Gasteiger charge is -2.04. The van der Waals surface area contributed by atoms with Crippen LogP contribution in [0.1, 0.15) is 26.7 Å². The van der Waals surface area contributed by atoms with E-state index in [0.29, 0.717) is 6.42 Å². The van der Waals surface area contributed by atoms with Crippen LogP contribution in [0.3, 0.4) is 0 Å². The Morgan fingerprint density at radius 3 is 2.50 bits per heavy atom. The summed E-state index contributed by atoms with van der Waals surface area (Å²) < 4.78 is 0. The number of rotatable bonds is 2. The van der Waals surface area contributed by atoms with Crippen molar-refractivity contribution in [2.75, 3.05) is 0 Å². The van der Waals surface area contributed by atoms with Crippen LogP contribution in [0.2, 0.25) is 0 Å². The number of hydrogen-bond acceptors (Lipinski definition) is 2. The van der Waals surface area contributed by atoms with E-state index in [2.05, 4.69) is 0 Å². The fraction of sp³-hybridized carbons (Fsp3) is 0.667. The zero-order valence-electron chi connectivity index (χ0n) is 7.37. The summed E-state index contributed by atoms with van der Waals surface area (Å²) >= 11 is 0. The van der Waals surface area contributed by atoms with Crippen molar-refractivity contribution in [1.82, 2.24) is 0 Å². The molecule has 2 unspecified atom stereocenters. The van der Waals surface area contributed by atoms with Crippen molar-refractivity contribution >= 4 is 5.97 Å². The van der Waals surface area contributed by atoms with Crippen LogP contribution in [-0.2, 0) is 4.79 Å². The van der Waals surface area contributed by atoms with Gasteiger partial charge in [0.1, 0.15) is 0 Å². The summed E-state index contributed by atoms with van der Waals surface area (Å²) in [6.07, 6.45) is 0.567. The molecule has 0 fully saturated rings. The largest absolute Gasteiger partial charge is 0.481 e. The van der Waals surface area contributed by atoms with Gasteiger partial charge in [0.15, 0.2) is 0 Å². The quantitative estimate of drug-likeness (QED) is 0.612. The molecule has 0 radical (unpaired) electrons. The van der Waals surface area contributed by atoms with Crippen molar-refractivity contribution in [3.05, 3.63) is 11.1 Å². The maximum atomic E-state index is 10.7. The van der Waals surface area contributed by atoms with E-state index in [1.165, 1.54) is 0 Å². The van der Waals surface area contributed by atoms with Gasteiger partial charge < -0.3 is 10.2 Å². The van der Waals surface area contributed by atoms with Gasteiger partial charge in [-0.25, -0.2) is 0 Å². The first kappa shape index (κ1) is 9.26. The van der Waals surface area contributed by atoms with E-state index in [1.54, 1.807) is 6.92 Å². The van der Waals surface area contributed by atoms with Crippen LogP contribution in [0.5, 0.6) is 0 Å². The molecule has 3 nitrogen and oxygen atoms in total. The first-order valence-electron chi connectivity index (χ1n) is 4.18. The Morgan fingerprint density at radius 2 is 2.25 bits per heavy atom. The van der Waals surface area contributed by atoms with Gasteiger partial charge >= 0.3 is 5.97 Å². The van der Waals surface area contributed by atoms with E-state index in [-0.39, 0.29) is 0 Å². The Bertz CT molecular complexity index is 230. The van der Waals surface area contributed by atoms with Crippen LogP contribution in [0.4, 0.5) is 0 Å². The van der Waals surface area contributed by atoms with Crippen LogP contribution in [-0.4, -0.2) is 22.3 Å². The molecule has 12 heavy (non-hydrogen) atoms. The normalized spacial score (nSPS) is 29.6. The summed E-state index contributed by atoms with van der Waals surface area (Å²) in [5.41, 5.74) is 1.75. The molecule has 0 saturated carbocycles. The second-order valence-electron chi connectivity index (χ2n) is 3.20. The molecular formula is C9H14O3. The van der Waals surface area contributed by atoms with E-state index in [4.69, 9.17) is 5.11 Å². The van der Waals surface area contributed by atoms with Crippen LogP contribution >= 0.6 is 0 Å². The topological polar surface area (TPSA) is 57.5 Å². The third-order valence-electron chi connectivity index (χ3n) is 2.57. The van der Waals surface area contributed by atoms with Gasteiger partial charge in [0.25, 0.3) is 0 Å². The lowest BCUT2D eigenvalue weighted by atomic mass is 10.0. The van der Waals surface area contributed by atoms with E-state index in [1.807, 2.05) is 6.92 Å². The minimum atomic E-state index is -0.824. The Morgan fingerprint density at radius 1 is 1.67 bits per heavy atom. The average molecular weight is 170 g/mol. The average Bonchev–Trinajstić information content (AvgIpc) is 2.27. The molecule has 1 aliphatic carbocycles. The van der Waals surface area contributed by atoms with E-state index < -0.39 is 18.0 Å². The first-order chi connectivity index (χ1) is 5.57. The highest BCUT2D eigenvalue weighted by Gasteiger charge is 2.33. The second kappa shape index (κ2) is 3.27. The van der Waals surface area contributed by atoms with Gasteiger partial charge in [0.2, 0.25) is 0 Å². The highest BCUT2D eigenvalue weighted by molar-refractivity contribution is 5.75. The molecule has 2 atom stereocenters. The number of carboxylic acid groups (broad SMARTS) is 1. The summed E-state index contributed by atoms with van der Waals surface area (Å²) in [5.74, 6) is -1.29. The number of hydrogen-bond donors (Lipinski definition) is 2. The molecule has 0 amide bonds. The molecule has 1 rings (SSSR count). The minimum Gasteiger partial charge on any atom is -0.481 e. The van der Waals surface area contributed by atoms with Crippen molar-refractivity contribution < 1.29 is 15.0 Å². The minimum absolute atomic E-state index is 0.352. The van der Waals surface area contributed by atoms with Gasteiger partial charge in [0.05, 0.1) is 12.0 Å². The van der Waals surface area contributed by atoms with Gasteiger partial charge in [-0.1, -0.05) is 12.5 Å². The van der Waals surface area contributed by atoms with Gasteiger partial charge in [0, 0.05) is 0 Å². The lowest BCUT2D eigenvalue weighted by molar-refractivity contribution is -0.140. The summed E-state index contributed by atoms with van der Waals surface area (Å²) in [6.45, 7) is 3.74. The zero-order chi connectivity index (χ0) is 9.30. The van der Waals surface area contributed by atoms with Gasteiger partial charge in [-0.15, -0.1) is 0 Å². The summed E-state index contributed by atoms with van der Waals surface area (Å²) in [6, 6.07) is 0. The smallest absolute Gasteiger partial charge is 0.310 e. The summed E-state index contributed by atoms with van der Waals surface area (Å²) in [4.78, 5) is 10.7.